The number of nitrogens with zero attached hydrogens (tertiary/aromatic N) is 2. The predicted molar refractivity (Wildman–Crippen MR) is 224 cm³/mol. The van der Waals surface area contributed by atoms with Crippen LogP contribution in [0.15, 0.2) is 173 Å². The van der Waals surface area contributed by atoms with Crippen LogP contribution in [0.2, 0.25) is 0 Å². The minimum atomic E-state index is 0.764. The Bertz CT molecular complexity index is 3440. The quantitative estimate of drug-likeness (QED) is 0.184. The molecule has 12 rings (SSSR count). The van der Waals surface area contributed by atoms with Crippen molar-refractivity contribution in [3.05, 3.63) is 180 Å². The van der Waals surface area contributed by atoms with E-state index in [0.717, 1.165) is 61.7 Å². The largest absolute Gasteiger partial charge is 0.456 e. The number of rotatable bonds is 4. The van der Waals surface area contributed by atoms with E-state index < -0.39 is 0 Å². The normalized spacial score (nSPS) is 12.2. The van der Waals surface area contributed by atoms with E-state index >= 15 is 0 Å². The first kappa shape index (κ1) is 29.5. The van der Waals surface area contributed by atoms with E-state index in [4.69, 9.17) is 8.83 Å². The van der Waals surface area contributed by atoms with Crippen molar-refractivity contribution < 1.29 is 8.83 Å². The van der Waals surface area contributed by atoms with Crippen molar-refractivity contribution in [3.63, 3.8) is 0 Å². The van der Waals surface area contributed by atoms with E-state index in [-0.39, 0.29) is 0 Å². The molecule has 4 heteroatoms. The maximum atomic E-state index is 6.72. The summed E-state index contributed by atoms with van der Waals surface area (Å²) in [6.45, 7) is 2.19. The molecule has 0 atom stereocenters. The number of benzene rings is 8. The van der Waals surface area contributed by atoms with Crippen LogP contribution in [-0.2, 0) is 6.42 Å². The van der Waals surface area contributed by atoms with E-state index in [1.165, 1.54) is 60.3 Å². The molecule has 0 radical (unpaired) electrons. The molecule has 0 bridgehead atoms. The Labute approximate surface area is 309 Å². The molecule has 0 spiro atoms. The third-order valence-electron chi connectivity index (χ3n) is 11.4. The summed E-state index contributed by atoms with van der Waals surface area (Å²) < 4.78 is 17.6. The second-order valence-electron chi connectivity index (χ2n) is 14.6. The minimum Gasteiger partial charge on any atom is -0.456 e. The third-order valence-corrected chi connectivity index (χ3v) is 11.4. The lowest BCUT2D eigenvalue weighted by Gasteiger charge is -2.09. The van der Waals surface area contributed by atoms with Crippen molar-refractivity contribution >= 4 is 87.5 Å². The van der Waals surface area contributed by atoms with Gasteiger partial charge in [0, 0.05) is 66.4 Å². The van der Waals surface area contributed by atoms with Crippen molar-refractivity contribution in [1.29, 1.82) is 0 Å². The molecule has 0 fully saturated rings. The molecular weight excluding hydrogens is 661 g/mol. The van der Waals surface area contributed by atoms with Crippen molar-refractivity contribution in [2.24, 2.45) is 0 Å². The van der Waals surface area contributed by atoms with Crippen LogP contribution in [0, 0.1) is 6.92 Å². The monoisotopic (exact) mass is 692 g/mol. The van der Waals surface area contributed by atoms with E-state index in [9.17, 15) is 0 Å². The molecule has 4 heterocycles. The number of para-hydroxylation sites is 4. The Morgan fingerprint density at radius 2 is 0.907 bits per heavy atom. The molecule has 0 saturated heterocycles. The number of aryl methyl sites for hydroxylation is 1. The summed E-state index contributed by atoms with van der Waals surface area (Å²) >= 11 is 0. The molecular formula is C50H32N2O2. The molecule has 0 N–H and O–H groups in total. The SMILES string of the molecule is Cc1cc(Cc2ccc3c(c2)c2ccccc2n3-c2ccc3oc4ccccc4c3c2)c2oc3ccc(-n4c5ccccc5c5ccccc54)cc3c2c1. The number of hydrogen-bond acceptors (Lipinski definition) is 2. The van der Waals surface area contributed by atoms with Gasteiger partial charge in [-0.1, -0.05) is 84.9 Å². The Morgan fingerprint density at radius 3 is 1.57 bits per heavy atom. The van der Waals surface area contributed by atoms with Crippen LogP contribution in [-0.4, -0.2) is 9.13 Å². The highest BCUT2D eigenvalue weighted by Crippen LogP contribution is 2.39. The fourth-order valence-electron chi connectivity index (χ4n) is 9.05. The van der Waals surface area contributed by atoms with Crippen LogP contribution in [0.1, 0.15) is 16.7 Å². The smallest absolute Gasteiger partial charge is 0.138 e. The number of furan rings is 2. The van der Waals surface area contributed by atoms with Gasteiger partial charge in [-0.25, -0.2) is 0 Å². The number of aromatic nitrogens is 2. The van der Waals surface area contributed by atoms with E-state index in [1.54, 1.807) is 0 Å². The van der Waals surface area contributed by atoms with Gasteiger partial charge in [0.2, 0.25) is 0 Å². The molecule has 0 saturated carbocycles. The molecule has 0 aliphatic carbocycles. The zero-order valence-corrected chi connectivity index (χ0v) is 29.5. The van der Waals surface area contributed by atoms with Gasteiger partial charge < -0.3 is 18.0 Å². The van der Waals surface area contributed by atoms with Gasteiger partial charge in [-0.3, -0.25) is 0 Å². The predicted octanol–water partition coefficient (Wildman–Crippen LogP) is 13.6. The summed E-state index contributed by atoms with van der Waals surface area (Å²) in [6.07, 6.45) is 0.764. The number of hydrogen-bond donors (Lipinski definition) is 0. The van der Waals surface area contributed by atoms with Gasteiger partial charge in [0.15, 0.2) is 0 Å². The number of fused-ring (bicyclic) bond motifs is 12. The van der Waals surface area contributed by atoms with Gasteiger partial charge in [-0.15, -0.1) is 0 Å². The lowest BCUT2D eigenvalue weighted by atomic mass is 9.98. The summed E-state index contributed by atoms with van der Waals surface area (Å²) in [5.41, 5.74) is 14.4. The van der Waals surface area contributed by atoms with E-state index in [2.05, 4.69) is 168 Å². The summed E-state index contributed by atoms with van der Waals surface area (Å²) in [7, 11) is 0. The molecule has 8 aromatic carbocycles. The topological polar surface area (TPSA) is 36.1 Å². The highest BCUT2D eigenvalue weighted by molar-refractivity contribution is 6.12. The molecule has 4 nitrogen and oxygen atoms in total. The molecule has 254 valence electrons. The molecule has 0 aliphatic rings. The lowest BCUT2D eigenvalue weighted by molar-refractivity contribution is 0.664. The second-order valence-corrected chi connectivity index (χ2v) is 14.6. The van der Waals surface area contributed by atoms with Crippen LogP contribution >= 0.6 is 0 Å². The van der Waals surface area contributed by atoms with Gasteiger partial charge in [-0.05, 0) is 96.9 Å². The van der Waals surface area contributed by atoms with Crippen LogP contribution in [0.25, 0.3) is 98.9 Å². The highest BCUT2D eigenvalue weighted by atomic mass is 16.3. The fourth-order valence-corrected chi connectivity index (χ4v) is 9.05. The molecule has 0 aliphatic heterocycles. The zero-order chi connectivity index (χ0) is 35.5. The minimum absolute atomic E-state index is 0.764. The maximum Gasteiger partial charge on any atom is 0.138 e. The van der Waals surface area contributed by atoms with Gasteiger partial charge >= 0.3 is 0 Å². The first-order valence-corrected chi connectivity index (χ1v) is 18.5. The lowest BCUT2D eigenvalue weighted by Crippen LogP contribution is -1.94. The van der Waals surface area contributed by atoms with Crippen molar-refractivity contribution in [3.8, 4) is 11.4 Å². The van der Waals surface area contributed by atoms with E-state index in [0.29, 0.717) is 0 Å². The molecule has 4 aromatic heterocycles. The Morgan fingerprint density at radius 1 is 0.389 bits per heavy atom. The van der Waals surface area contributed by atoms with Gasteiger partial charge in [0.05, 0.1) is 22.1 Å². The molecule has 54 heavy (non-hydrogen) atoms. The summed E-state index contributed by atoms with van der Waals surface area (Å²) in [4.78, 5) is 0. The zero-order valence-electron chi connectivity index (χ0n) is 29.5. The third kappa shape index (κ3) is 4.19. The van der Waals surface area contributed by atoms with Crippen LogP contribution < -0.4 is 0 Å². The first-order chi connectivity index (χ1) is 26.7. The highest BCUT2D eigenvalue weighted by Gasteiger charge is 2.18. The fraction of sp³-hybridized carbons (Fsp3) is 0.0400. The molecule has 0 unspecified atom stereocenters. The van der Waals surface area contributed by atoms with Gasteiger partial charge in [-0.2, -0.15) is 0 Å². The summed E-state index contributed by atoms with van der Waals surface area (Å²) in [6, 6.07) is 59.0. The Hall–Kier alpha value is -7.04. The second kappa shape index (κ2) is 11.0. The molecule has 0 amide bonds. The maximum absolute atomic E-state index is 6.72. The Balaban J connectivity index is 0.987. The summed E-state index contributed by atoms with van der Waals surface area (Å²) in [5.74, 6) is 0. The van der Waals surface area contributed by atoms with Crippen LogP contribution in [0.5, 0.6) is 0 Å². The Kier molecular flexibility index (Phi) is 6.01. The van der Waals surface area contributed by atoms with Gasteiger partial charge in [0.25, 0.3) is 0 Å². The first-order valence-electron chi connectivity index (χ1n) is 18.5. The standard InChI is InChI=1S/C50H32N2O2/c1-30-24-32(50-42(25-30)41-29-34(20-23-49(41)54-50)51-43-14-6-2-10-35(43)36-11-3-7-15-44(36)51)26-31-18-21-46-39(27-31)37-12-4-8-16-45(37)52(46)33-19-22-48-40(28-33)38-13-5-9-17-47(38)53-48/h2-25,27-29H,26H2,1H3. The average Bonchev–Trinajstić information content (AvgIpc) is 3.95. The van der Waals surface area contributed by atoms with Crippen LogP contribution in [0.3, 0.4) is 0 Å². The van der Waals surface area contributed by atoms with Crippen molar-refractivity contribution in [2.45, 2.75) is 13.3 Å². The van der Waals surface area contributed by atoms with E-state index in [1.807, 2.05) is 12.1 Å². The van der Waals surface area contributed by atoms with Crippen molar-refractivity contribution in [2.75, 3.05) is 0 Å². The summed E-state index contributed by atoms with van der Waals surface area (Å²) in [5, 5.41) is 9.55. The molecule has 12 aromatic rings. The van der Waals surface area contributed by atoms with Crippen molar-refractivity contribution in [1.82, 2.24) is 9.13 Å². The van der Waals surface area contributed by atoms with Crippen LogP contribution in [0.4, 0.5) is 0 Å². The average molecular weight is 693 g/mol. The van der Waals surface area contributed by atoms with Gasteiger partial charge in [0.1, 0.15) is 22.3 Å².